The molecule has 0 fully saturated rings. The molecule has 0 aliphatic heterocycles. The average Bonchev–Trinajstić information content (AvgIpc) is 3.24. The first-order chi connectivity index (χ1) is 29.5. The van der Waals surface area contributed by atoms with Gasteiger partial charge in [0, 0.05) is 19.3 Å². The Morgan fingerprint density at radius 1 is 0.333 bits per heavy atom. The van der Waals surface area contributed by atoms with Gasteiger partial charge in [0.1, 0.15) is 13.2 Å². The van der Waals surface area contributed by atoms with Crippen LogP contribution < -0.4 is 0 Å². The minimum absolute atomic E-state index is 0.0837. The molecule has 6 heteroatoms. The summed E-state index contributed by atoms with van der Waals surface area (Å²) in [4.78, 5) is 37.8. The van der Waals surface area contributed by atoms with Gasteiger partial charge in [-0.05, 0) is 83.5 Å². The van der Waals surface area contributed by atoms with Gasteiger partial charge in [-0.1, -0.05) is 204 Å². The molecule has 0 N–H and O–H groups in total. The first kappa shape index (κ1) is 57.1. The summed E-state index contributed by atoms with van der Waals surface area (Å²) in [7, 11) is 0. The highest BCUT2D eigenvalue weighted by molar-refractivity contribution is 5.71. The predicted octanol–water partition coefficient (Wildman–Crippen LogP) is 16.5. The van der Waals surface area contributed by atoms with Gasteiger partial charge in [-0.15, -0.1) is 0 Å². The number of allylic oxidation sites excluding steroid dienone is 10. The predicted molar refractivity (Wildman–Crippen MR) is 256 cm³/mol. The van der Waals surface area contributed by atoms with E-state index in [1.54, 1.807) is 0 Å². The summed E-state index contributed by atoms with van der Waals surface area (Å²) >= 11 is 0. The van der Waals surface area contributed by atoms with Crippen molar-refractivity contribution in [2.75, 3.05) is 13.2 Å². The molecule has 0 amide bonds. The monoisotopic (exact) mass is 839 g/mol. The molecule has 0 aromatic heterocycles. The molecule has 0 radical (unpaired) electrons. The fraction of sp³-hybridized carbons (Fsp3) is 0.759. The quantitative estimate of drug-likeness (QED) is 0.0263. The summed E-state index contributed by atoms with van der Waals surface area (Å²) in [6.07, 6.45) is 59.3. The van der Waals surface area contributed by atoms with Gasteiger partial charge < -0.3 is 14.2 Å². The fourth-order valence-electron chi connectivity index (χ4n) is 6.90. The molecular formula is C54H94O6. The van der Waals surface area contributed by atoms with E-state index in [9.17, 15) is 14.4 Å². The minimum Gasteiger partial charge on any atom is -0.462 e. The molecule has 0 aliphatic rings. The lowest BCUT2D eigenvalue weighted by Gasteiger charge is -2.18. The topological polar surface area (TPSA) is 78.9 Å². The zero-order chi connectivity index (χ0) is 43.7. The number of unbranched alkanes of at least 4 members (excludes halogenated alkanes) is 24. The number of ether oxygens (including phenoxy) is 3. The third-order valence-corrected chi connectivity index (χ3v) is 10.7. The average molecular weight is 839 g/mol. The summed E-state index contributed by atoms with van der Waals surface area (Å²) in [5.41, 5.74) is 0. The molecule has 1 atom stereocenters. The van der Waals surface area contributed by atoms with Crippen LogP contribution in [-0.2, 0) is 28.6 Å². The van der Waals surface area contributed by atoms with Gasteiger partial charge >= 0.3 is 17.9 Å². The molecule has 346 valence electrons. The van der Waals surface area contributed by atoms with E-state index in [1.807, 2.05) is 0 Å². The van der Waals surface area contributed by atoms with Crippen molar-refractivity contribution in [2.24, 2.45) is 0 Å². The number of hydrogen-bond donors (Lipinski definition) is 0. The number of hydrogen-bond acceptors (Lipinski definition) is 6. The van der Waals surface area contributed by atoms with Crippen molar-refractivity contribution in [1.29, 1.82) is 0 Å². The van der Waals surface area contributed by atoms with E-state index in [4.69, 9.17) is 14.2 Å². The summed E-state index contributed by atoms with van der Waals surface area (Å²) in [5, 5.41) is 0. The lowest BCUT2D eigenvalue weighted by molar-refractivity contribution is -0.167. The number of carbonyl (C=O) groups excluding carboxylic acids is 3. The van der Waals surface area contributed by atoms with E-state index in [-0.39, 0.29) is 31.1 Å². The molecule has 0 rings (SSSR count). The molecule has 0 spiro atoms. The summed E-state index contributed by atoms with van der Waals surface area (Å²) < 4.78 is 16.7. The third-order valence-electron chi connectivity index (χ3n) is 10.7. The normalized spacial score (nSPS) is 12.5. The zero-order valence-electron chi connectivity index (χ0n) is 39.5. The first-order valence-corrected chi connectivity index (χ1v) is 25.3. The van der Waals surface area contributed by atoms with Gasteiger partial charge in [-0.3, -0.25) is 14.4 Å². The van der Waals surface area contributed by atoms with Gasteiger partial charge in [0.05, 0.1) is 0 Å². The molecule has 1 unspecified atom stereocenters. The van der Waals surface area contributed by atoms with Crippen molar-refractivity contribution in [3.05, 3.63) is 60.8 Å². The standard InChI is InChI=1S/C54H94O6/c1-4-7-10-13-16-19-21-23-24-25-26-27-28-29-30-32-33-35-38-41-44-47-53(56)59-50-51(49-58-52(55)46-43-40-37-18-15-12-9-6-3)60-54(57)48-45-42-39-36-34-31-22-20-17-14-11-8-5-2/h11,14,20-23,25-26,28-29,51H,4-10,12-13,15-19,24,27,30-50H2,1-3H3/b14-11-,22-20-,23-21-,26-25-,29-28-. The van der Waals surface area contributed by atoms with Gasteiger partial charge in [0.2, 0.25) is 0 Å². The third kappa shape index (κ3) is 46.2. The van der Waals surface area contributed by atoms with Crippen LogP contribution in [0.4, 0.5) is 0 Å². The second-order valence-corrected chi connectivity index (χ2v) is 16.7. The van der Waals surface area contributed by atoms with Crippen LogP contribution in [0.2, 0.25) is 0 Å². The highest BCUT2D eigenvalue weighted by Crippen LogP contribution is 2.14. The molecule has 0 heterocycles. The Morgan fingerprint density at radius 3 is 1.00 bits per heavy atom. The molecule has 0 aromatic carbocycles. The molecule has 0 bridgehead atoms. The van der Waals surface area contributed by atoms with Crippen LogP contribution in [0.1, 0.15) is 245 Å². The van der Waals surface area contributed by atoms with E-state index in [0.717, 1.165) is 109 Å². The van der Waals surface area contributed by atoms with E-state index in [1.165, 1.54) is 96.3 Å². The zero-order valence-corrected chi connectivity index (χ0v) is 39.5. The largest absolute Gasteiger partial charge is 0.462 e. The van der Waals surface area contributed by atoms with E-state index >= 15 is 0 Å². The van der Waals surface area contributed by atoms with Crippen molar-refractivity contribution in [2.45, 2.75) is 252 Å². The highest BCUT2D eigenvalue weighted by atomic mass is 16.6. The Balaban J connectivity index is 4.30. The molecular weight excluding hydrogens is 745 g/mol. The van der Waals surface area contributed by atoms with E-state index in [2.05, 4.69) is 81.5 Å². The summed E-state index contributed by atoms with van der Waals surface area (Å²) in [6.45, 7) is 6.51. The molecule has 0 aromatic rings. The van der Waals surface area contributed by atoms with Crippen LogP contribution in [0.25, 0.3) is 0 Å². The Labute approximate surface area is 370 Å². The Bertz CT molecular complexity index is 1100. The Hall–Kier alpha value is -2.89. The minimum atomic E-state index is -0.783. The van der Waals surface area contributed by atoms with Crippen LogP contribution in [0.5, 0.6) is 0 Å². The number of esters is 3. The van der Waals surface area contributed by atoms with Gasteiger partial charge in [-0.2, -0.15) is 0 Å². The van der Waals surface area contributed by atoms with Crippen molar-refractivity contribution in [3.8, 4) is 0 Å². The SMILES string of the molecule is CCC/C=C\C/C=C\CCCCCCCC(=O)OC(COC(=O)CCCCCCCC/C=C\C/C=C\C/C=C\CCCCCCC)COC(=O)CCCCCCCCCC. The highest BCUT2D eigenvalue weighted by Gasteiger charge is 2.19. The summed E-state index contributed by atoms with van der Waals surface area (Å²) in [5.74, 6) is -0.914. The number of carbonyl (C=O) groups is 3. The lowest BCUT2D eigenvalue weighted by Crippen LogP contribution is -2.30. The van der Waals surface area contributed by atoms with E-state index in [0.29, 0.717) is 19.3 Å². The van der Waals surface area contributed by atoms with Crippen LogP contribution in [0, 0.1) is 0 Å². The maximum atomic E-state index is 12.7. The number of rotatable bonds is 45. The van der Waals surface area contributed by atoms with Crippen molar-refractivity contribution >= 4 is 17.9 Å². The molecule has 0 aliphatic carbocycles. The van der Waals surface area contributed by atoms with Crippen LogP contribution in [0.15, 0.2) is 60.8 Å². The van der Waals surface area contributed by atoms with Gasteiger partial charge in [0.15, 0.2) is 6.10 Å². The lowest BCUT2D eigenvalue weighted by atomic mass is 10.1. The Morgan fingerprint density at radius 2 is 0.633 bits per heavy atom. The molecule has 0 saturated heterocycles. The second kappa shape index (κ2) is 48.8. The fourth-order valence-corrected chi connectivity index (χ4v) is 6.90. The smallest absolute Gasteiger partial charge is 0.306 e. The van der Waals surface area contributed by atoms with Crippen LogP contribution in [-0.4, -0.2) is 37.2 Å². The maximum Gasteiger partial charge on any atom is 0.306 e. The van der Waals surface area contributed by atoms with Crippen molar-refractivity contribution < 1.29 is 28.6 Å². The van der Waals surface area contributed by atoms with Crippen LogP contribution >= 0.6 is 0 Å². The van der Waals surface area contributed by atoms with Gasteiger partial charge in [-0.25, -0.2) is 0 Å². The Kier molecular flexibility index (Phi) is 46.4. The van der Waals surface area contributed by atoms with E-state index < -0.39 is 6.10 Å². The molecule has 6 nitrogen and oxygen atoms in total. The first-order valence-electron chi connectivity index (χ1n) is 25.3. The second-order valence-electron chi connectivity index (χ2n) is 16.7. The molecule has 60 heavy (non-hydrogen) atoms. The maximum absolute atomic E-state index is 12.7. The summed E-state index contributed by atoms with van der Waals surface area (Å²) in [6, 6.07) is 0. The van der Waals surface area contributed by atoms with Crippen molar-refractivity contribution in [1.82, 2.24) is 0 Å². The molecule has 0 saturated carbocycles. The van der Waals surface area contributed by atoms with Crippen molar-refractivity contribution in [3.63, 3.8) is 0 Å². The van der Waals surface area contributed by atoms with Crippen LogP contribution in [0.3, 0.4) is 0 Å². The van der Waals surface area contributed by atoms with Gasteiger partial charge in [0.25, 0.3) is 0 Å².